The van der Waals surface area contributed by atoms with E-state index in [4.69, 9.17) is 10.5 Å². The summed E-state index contributed by atoms with van der Waals surface area (Å²) in [5, 5.41) is 2.58. The molecule has 18 heavy (non-hydrogen) atoms. The maximum Gasteiger partial charge on any atom is 0.251 e. The van der Waals surface area contributed by atoms with Gasteiger partial charge in [-0.15, -0.1) is 0 Å². The number of nitrogens with one attached hydrogen (secondary N) is 1. The lowest BCUT2D eigenvalue weighted by molar-refractivity contribution is 0.0962. The fourth-order valence-corrected chi connectivity index (χ4v) is 1.66. The maximum absolute atomic E-state index is 11.5. The van der Waals surface area contributed by atoms with E-state index in [0.717, 1.165) is 12.8 Å². The van der Waals surface area contributed by atoms with Crippen molar-refractivity contribution in [3.63, 3.8) is 0 Å². The first-order valence-corrected chi connectivity index (χ1v) is 6.43. The molecule has 0 aromatic heterocycles. The summed E-state index contributed by atoms with van der Waals surface area (Å²) in [6, 6.07) is 5.08. The van der Waals surface area contributed by atoms with Gasteiger partial charge < -0.3 is 15.8 Å². The molecule has 100 valence electrons. The first-order valence-electron chi connectivity index (χ1n) is 6.43. The van der Waals surface area contributed by atoms with Crippen LogP contribution < -0.4 is 15.8 Å². The molecule has 0 saturated heterocycles. The smallest absolute Gasteiger partial charge is 0.251 e. The van der Waals surface area contributed by atoms with E-state index in [1.165, 1.54) is 12.8 Å². The van der Waals surface area contributed by atoms with Gasteiger partial charge in [-0.1, -0.05) is 26.2 Å². The Morgan fingerprint density at radius 2 is 2.11 bits per heavy atom. The number of carbonyl (C=O) groups excluding carboxylic acids is 1. The van der Waals surface area contributed by atoms with Crippen LogP contribution in [0.2, 0.25) is 0 Å². The molecule has 0 saturated carbocycles. The van der Waals surface area contributed by atoms with Crippen LogP contribution in [0, 0.1) is 0 Å². The Morgan fingerprint density at radius 1 is 1.33 bits per heavy atom. The summed E-state index contributed by atoms with van der Waals surface area (Å²) in [7, 11) is 1.60. The maximum atomic E-state index is 11.5. The van der Waals surface area contributed by atoms with E-state index < -0.39 is 0 Å². The normalized spacial score (nSPS) is 10.1. The second-order valence-corrected chi connectivity index (χ2v) is 4.24. The zero-order chi connectivity index (χ0) is 13.4. The van der Waals surface area contributed by atoms with Crippen LogP contribution >= 0.6 is 0 Å². The number of unbranched alkanes of at least 4 members (excludes halogenated alkanes) is 3. The van der Waals surface area contributed by atoms with Gasteiger partial charge in [0, 0.05) is 12.6 Å². The Bertz CT molecular complexity index is 391. The van der Waals surface area contributed by atoms with Crippen molar-refractivity contribution in [3.05, 3.63) is 23.8 Å². The van der Waals surface area contributed by atoms with Crippen molar-refractivity contribution < 1.29 is 9.53 Å². The van der Waals surface area contributed by atoms with Crippen molar-refractivity contribution in [1.82, 2.24) is 5.32 Å². The number of rotatable bonds is 7. The van der Waals surface area contributed by atoms with E-state index in [0.29, 0.717) is 23.6 Å². The predicted octanol–water partition coefficient (Wildman–Crippen LogP) is 2.59. The van der Waals surface area contributed by atoms with Crippen molar-refractivity contribution >= 4 is 11.6 Å². The molecule has 4 nitrogen and oxygen atoms in total. The van der Waals surface area contributed by atoms with Crippen molar-refractivity contribution in [3.8, 4) is 5.75 Å². The summed E-state index contributed by atoms with van der Waals surface area (Å²) in [4.78, 5) is 11.5. The summed E-state index contributed by atoms with van der Waals surface area (Å²) >= 11 is 0. The molecule has 0 aliphatic carbocycles. The van der Waals surface area contributed by atoms with Crippen LogP contribution in [0.1, 0.15) is 43.0 Å². The van der Waals surface area contributed by atoms with Gasteiger partial charge in [0.25, 0.3) is 5.91 Å². The third-order valence-electron chi connectivity index (χ3n) is 2.76. The van der Waals surface area contributed by atoms with E-state index in [-0.39, 0.29) is 5.91 Å². The highest BCUT2D eigenvalue weighted by Gasteiger charge is 2.07. The Hall–Kier alpha value is -1.71. The van der Waals surface area contributed by atoms with Crippen molar-refractivity contribution in [2.24, 2.45) is 0 Å². The van der Waals surface area contributed by atoms with Crippen molar-refractivity contribution in [1.29, 1.82) is 0 Å². The number of nitrogen functional groups attached to an aromatic ring is 1. The molecular formula is C14H22N2O2. The Morgan fingerprint density at radius 3 is 2.78 bits per heavy atom. The SMILES string of the molecule is CCCCCCOc1cc(C(=O)NC)ccc1N. The van der Waals surface area contributed by atoms with E-state index >= 15 is 0 Å². The monoisotopic (exact) mass is 250 g/mol. The number of ether oxygens (including phenoxy) is 1. The lowest BCUT2D eigenvalue weighted by Crippen LogP contribution is -2.17. The lowest BCUT2D eigenvalue weighted by atomic mass is 10.1. The molecule has 0 radical (unpaired) electrons. The molecule has 0 unspecified atom stereocenters. The average Bonchev–Trinajstić information content (AvgIpc) is 2.39. The van der Waals surface area contributed by atoms with Crippen LogP contribution in [0.4, 0.5) is 5.69 Å². The van der Waals surface area contributed by atoms with Crippen LogP contribution in [0.5, 0.6) is 5.75 Å². The third-order valence-corrected chi connectivity index (χ3v) is 2.76. The summed E-state index contributed by atoms with van der Waals surface area (Å²) in [6.45, 7) is 2.81. The van der Waals surface area contributed by atoms with Gasteiger partial charge in [0.15, 0.2) is 0 Å². The molecule has 0 heterocycles. The molecule has 0 bridgehead atoms. The topological polar surface area (TPSA) is 64.3 Å². The number of hydrogen-bond acceptors (Lipinski definition) is 3. The zero-order valence-corrected chi connectivity index (χ0v) is 11.2. The molecular weight excluding hydrogens is 228 g/mol. The van der Waals surface area contributed by atoms with Crippen LogP contribution in [-0.2, 0) is 0 Å². The molecule has 0 spiro atoms. The molecule has 0 aliphatic rings. The van der Waals surface area contributed by atoms with E-state index in [1.54, 1.807) is 25.2 Å². The van der Waals surface area contributed by atoms with Gasteiger partial charge >= 0.3 is 0 Å². The molecule has 1 aromatic carbocycles. The molecule has 0 fully saturated rings. The first-order chi connectivity index (χ1) is 8.69. The number of hydrogen-bond donors (Lipinski definition) is 2. The molecule has 4 heteroatoms. The summed E-state index contributed by atoms with van der Waals surface area (Å²) in [5.74, 6) is 0.457. The van der Waals surface area contributed by atoms with E-state index in [1.807, 2.05) is 0 Å². The summed E-state index contributed by atoms with van der Waals surface area (Å²) in [5.41, 5.74) is 6.95. The van der Waals surface area contributed by atoms with Crippen LogP contribution in [0.15, 0.2) is 18.2 Å². The molecule has 0 atom stereocenters. The number of anilines is 1. The third kappa shape index (κ3) is 4.28. The molecule has 1 amide bonds. The Balaban J connectivity index is 2.56. The first kappa shape index (κ1) is 14.4. The fraction of sp³-hybridized carbons (Fsp3) is 0.500. The minimum Gasteiger partial charge on any atom is -0.491 e. The highest BCUT2D eigenvalue weighted by Crippen LogP contribution is 2.23. The van der Waals surface area contributed by atoms with Gasteiger partial charge in [-0.3, -0.25) is 4.79 Å². The largest absolute Gasteiger partial charge is 0.491 e. The minimum atomic E-state index is -0.133. The highest BCUT2D eigenvalue weighted by atomic mass is 16.5. The number of amides is 1. The molecule has 0 aliphatic heterocycles. The van der Waals surface area contributed by atoms with Crippen LogP contribution in [0.25, 0.3) is 0 Å². The van der Waals surface area contributed by atoms with E-state index in [9.17, 15) is 4.79 Å². The number of carbonyl (C=O) groups is 1. The fourth-order valence-electron chi connectivity index (χ4n) is 1.66. The second-order valence-electron chi connectivity index (χ2n) is 4.24. The van der Waals surface area contributed by atoms with Gasteiger partial charge in [-0.25, -0.2) is 0 Å². The van der Waals surface area contributed by atoms with Gasteiger partial charge in [0.2, 0.25) is 0 Å². The average molecular weight is 250 g/mol. The highest BCUT2D eigenvalue weighted by molar-refractivity contribution is 5.95. The lowest BCUT2D eigenvalue weighted by Gasteiger charge is -2.10. The van der Waals surface area contributed by atoms with Gasteiger partial charge in [0.1, 0.15) is 5.75 Å². The van der Waals surface area contributed by atoms with Crippen molar-refractivity contribution in [2.45, 2.75) is 32.6 Å². The summed E-state index contributed by atoms with van der Waals surface area (Å²) in [6.07, 6.45) is 4.59. The van der Waals surface area contributed by atoms with Crippen LogP contribution in [0.3, 0.4) is 0 Å². The molecule has 1 aromatic rings. The predicted molar refractivity (Wildman–Crippen MR) is 73.9 cm³/mol. The van der Waals surface area contributed by atoms with Gasteiger partial charge in [0.05, 0.1) is 12.3 Å². The quantitative estimate of drug-likeness (QED) is 0.577. The Labute approximate surface area is 109 Å². The number of nitrogens with two attached hydrogens (primary N) is 1. The van der Waals surface area contributed by atoms with Gasteiger partial charge in [-0.05, 0) is 24.6 Å². The minimum absolute atomic E-state index is 0.133. The van der Waals surface area contributed by atoms with Gasteiger partial charge in [-0.2, -0.15) is 0 Å². The number of benzene rings is 1. The van der Waals surface area contributed by atoms with Crippen molar-refractivity contribution in [2.75, 3.05) is 19.4 Å². The second kappa shape index (κ2) is 7.58. The van der Waals surface area contributed by atoms with E-state index in [2.05, 4.69) is 12.2 Å². The molecule has 1 rings (SSSR count). The standard InChI is InChI=1S/C14H22N2O2/c1-3-4-5-6-9-18-13-10-11(14(17)16-2)7-8-12(13)15/h7-8,10H,3-6,9,15H2,1-2H3,(H,16,17). The summed E-state index contributed by atoms with van der Waals surface area (Å²) < 4.78 is 5.61. The zero-order valence-electron chi connectivity index (χ0n) is 11.2. The van der Waals surface area contributed by atoms with Crippen LogP contribution in [-0.4, -0.2) is 19.6 Å². The molecule has 3 N–H and O–H groups in total. The Kier molecular flexibility index (Phi) is 6.05.